The molecule has 2 N–H and O–H groups in total. The second-order valence-corrected chi connectivity index (χ2v) is 4.90. The second-order valence-electron chi connectivity index (χ2n) is 3.87. The Kier molecular flexibility index (Phi) is 2.47. The monoisotopic (exact) mass is 251 g/mol. The average molecular weight is 251 g/mol. The van der Waals surface area contributed by atoms with E-state index in [4.69, 9.17) is 11.0 Å². The number of hydrogen-bond donors (Lipinski definition) is 1. The number of benzene rings is 2. The maximum Gasteiger partial charge on any atom is 0.181 e. The molecule has 86 valence electrons. The lowest BCUT2D eigenvalue weighted by atomic mass is 10.0. The van der Waals surface area contributed by atoms with Gasteiger partial charge in [0.1, 0.15) is 16.6 Å². The van der Waals surface area contributed by atoms with E-state index in [2.05, 4.69) is 11.1 Å². The van der Waals surface area contributed by atoms with Gasteiger partial charge in [-0.2, -0.15) is 5.26 Å². The lowest BCUT2D eigenvalue weighted by Crippen LogP contribution is -1.86. The third-order valence-electron chi connectivity index (χ3n) is 2.79. The van der Waals surface area contributed by atoms with Crippen LogP contribution in [0.2, 0.25) is 0 Å². The number of nitrogens with zero attached hydrogens (tertiary/aromatic N) is 2. The van der Waals surface area contributed by atoms with Crippen LogP contribution >= 0.6 is 11.3 Å². The number of anilines is 1. The maximum atomic E-state index is 9.13. The van der Waals surface area contributed by atoms with E-state index >= 15 is 0 Å². The van der Waals surface area contributed by atoms with Gasteiger partial charge in [-0.25, -0.2) is 4.98 Å². The van der Waals surface area contributed by atoms with Gasteiger partial charge >= 0.3 is 0 Å². The van der Waals surface area contributed by atoms with E-state index < -0.39 is 0 Å². The van der Waals surface area contributed by atoms with E-state index in [0.717, 1.165) is 16.3 Å². The first-order chi connectivity index (χ1) is 8.79. The van der Waals surface area contributed by atoms with Gasteiger partial charge in [-0.1, -0.05) is 53.8 Å². The van der Waals surface area contributed by atoms with Crippen molar-refractivity contribution in [3.63, 3.8) is 0 Å². The van der Waals surface area contributed by atoms with Crippen molar-refractivity contribution < 1.29 is 0 Å². The Bertz CT molecular complexity index is 763. The quantitative estimate of drug-likeness (QED) is 0.720. The van der Waals surface area contributed by atoms with E-state index in [-0.39, 0.29) is 0 Å². The number of fused-ring (bicyclic) bond motifs is 1. The van der Waals surface area contributed by atoms with Crippen molar-refractivity contribution in [1.82, 2.24) is 4.98 Å². The summed E-state index contributed by atoms with van der Waals surface area (Å²) >= 11 is 1.22. The molecule has 0 aliphatic carbocycles. The van der Waals surface area contributed by atoms with Crippen LogP contribution in [0.25, 0.3) is 22.0 Å². The van der Waals surface area contributed by atoms with E-state index in [1.807, 2.05) is 42.5 Å². The highest BCUT2D eigenvalue weighted by atomic mass is 32.1. The molecule has 3 aromatic rings. The molecule has 0 aliphatic heterocycles. The number of nitrogen functional groups attached to an aromatic ring is 1. The zero-order valence-electron chi connectivity index (χ0n) is 9.42. The Morgan fingerprint density at radius 1 is 1.11 bits per heavy atom. The largest absolute Gasteiger partial charge is 0.375 e. The first-order valence-corrected chi connectivity index (χ1v) is 6.26. The Morgan fingerprint density at radius 2 is 1.89 bits per heavy atom. The van der Waals surface area contributed by atoms with Crippen molar-refractivity contribution in [3.05, 3.63) is 47.3 Å². The highest BCUT2D eigenvalue weighted by molar-refractivity contribution is 7.16. The van der Waals surface area contributed by atoms with Crippen LogP contribution in [0.3, 0.4) is 0 Å². The first kappa shape index (κ1) is 10.8. The van der Waals surface area contributed by atoms with Gasteiger partial charge in [-0.3, -0.25) is 0 Å². The topological polar surface area (TPSA) is 62.7 Å². The normalized spacial score (nSPS) is 10.4. The molecular formula is C14H9N3S. The van der Waals surface area contributed by atoms with Crippen LogP contribution in [-0.2, 0) is 0 Å². The van der Waals surface area contributed by atoms with Gasteiger partial charge in [0.05, 0.1) is 0 Å². The third-order valence-corrected chi connectivity index (χ3v) is 3.58. The SMILES string of the molecule is N#Cc1sc(N)nc1-c1cccc2ccccc12. The fourth-order valence-corrected chi connectivity index (χ4v) is 2.67. The van der Waals surface area contributed by atoms with Gasteiger partial charge in [0, 0.05) is 5.56 Å². The number of aromatic nitrogens is 1. The van der Waals surface area contributed by atoms with Crippen LogP contribution in [0.1, 0.15) is 4.88 Å². The molecule has 0 unspecified atom stereocenters. The molecule has 0 spiro atoms. The van der Waals surface area contributed by atoms with Gasteiger partial charge in [-0.05, 0) is 10.8 Å². The Balaban J connectivity index is 2.35. The molecule has 0 fully saturated rings. The molecule has 3 rings (SSSR count). The first-order valence-electron chi connectivity index (χ1n) is 5.44. The lowest BCUT2D eigenvalue weighted by Gasteiger charge is -2.03. The third kappa shape index (κ3) is 1.62. The summed E-state index contributed by atoms with van der Waals surface area (Å²) in [5, 5.41) is 11.8. The predicted octanol–water partition coefficient (Wildman–Crippen LogP) is 3.42. The summed E-state index contributed by atoms with van der Waals surface area (Å²) in [6, 6.07) is 16.2. The maximum absolute atomic E-state index is 9.13. The van der Waals surface area contributed by atoms with E-state index in [1.54, 1.807) is 0 Å². The van der Waals surface area contributed by atoms with Gasteiger partial charge in [0.25, 0.3) is 0 Å². The minimum absolute atomic E-state index is 0.425. The molecule has 4 heteroatoms. The minimum Gasteiger partial charge on any atom is -0.375 e. The van der Waals surface area contributed by atoms with Crippen LogP contribution < -0.4 is 5.73 Å². The fourth-order valence-electron chi connectivity index (χ4n) is 2.03. The summed E-state index contributed by atoms with van der Waals surface area (Å²) in [6.07, 6.45) is 0. The van der Waals surface area contributed by atoms with E-state index in [9.17, 15) is 0 Å². The van der Waals surface area contributed by atoms with E-state index in [0.29, 0.717) is 15.7 Å². The van der Waals surface area contributed by atoms with Gasteiger partial charge in [-0.15, -0.1) is 0 Å². The van der Waals surface area contributed by atoms with Crippen molar-refractivity contribution in [2.24, 2.45) is 0 Å². The smallest absolute Gasteiger partial charge is 0.181 e. The summed E-state index contributed by atoms with van der Waals surface area (Å²) in [6.45, 7) is 0. The molecule has 0 bridgehead atoms. The zero-order chi connectivity index (χ0) is 12.5. The van der Waals surface area contributed by atoms with Gasteiger partial charge in [0.2, 0.25) is 0 Å². The molecule has 0 atom stereocenters. The molecule has 0 radical (unpaired) electrons. The van der Waals surface area contributed by atoms with Crippen molar-refractivity contribution in [2.75, 3.05) is 5.73 Å². The Morgan fingerprint density at radius 3 is 2.72 bits per heavy atom. The lowest BCUT2D eigenvalue weighted by molar-refractivity contribution is 1.40. The average Bonchev–Trinajstić information content (AvgIpc) is 2.79. The highest BCUT2D eigenvalue weighted by Crippen LogP contribution is 2.33. The standard InChI is InChI=1S/C14H9N3S/c15-8-12-13(17-14(16)18-12)11-7-3-5-9-4-1-2-6-10(9)11/h1-7H,(H2,16,17). The molecule has 2 aromatic carbocycles. The molecule has 0 saturated heterocycles. The summed E-state index contributed by atoms with van der Waals surface area (Å²) < 4.78 is 0. The van der Waals surface area contributed by atoms with Crippen molar-refractivity contribution in [3.8, 4) is 17.3 Å². The summed E-state index contributed by atoms with van der Waals surface area (Å²) in [7, 11) is 0. The van der Waals surface area contributed by atoms with Gasteiger partial charge < -0.3 is 5.73 Å². The Hall–Kier alpha value is -2.38. The van der Waals surface area contributed by atoms with Gasteiger partial charge in [0.15, 0.2) is 5.13 Å². The Labute approximate surface area is 108 Å². The van der Waals surface area contributed by atoms with Crippen LogP contribution in [0.5, 0.6) is 0 Å². The fraction of sp³-hybridized carbons (Fsp3) is 0. The molecule has 1 aromatic heterocycles. The van der Waals surface area contributed by atoms with Crippen molar-refractivity contribution in [1.29, 1.82) is 5.26 Å². The van der Waals surface area contributed by atoms with Crippen LogP contribution in [0.15, 0.2) is 42.5 Å². The van der Waals surface area contributed by atoms with Crippen molar-refractivity contribution >= 4 is 27.2 Å². The number of nitrogens with two attached hydrogens (primary N) is 1. The molecular weight excluding hydrogens is 242 g/mol. The second kappa shape index (κ2) is 4.13. The molecule has 18 heavy (non-hydrogen) atoms. The molecule has 0 amide bonds. The van der Waals surface area contributed by atoms with Crippen LogP contribution in [0.4, 0.5) is 5.13 Å². The summed E-state index contributed by atoms with van der Waals surface area (Å²) in [4.78, 5) is 4.83. The number of thiazole rings is 1. The molecule has 0 saturated carbocycles. The summed E-state index contributed by atoms with van der Waals surface area (Å²) in [5.41, 5.74) is 7.33. The number of nitriles is 1. The highest BCUT2D eigenvalue weighted by Gasteiger charge is 2.13. The minimum atomic E-state index is 0.425. The van der Waals surface area contributed by atoms with E-state index in [1.165, 1.54) is 11.3 Å². The van der Waals surface area contributed by atoms with Crippen LogP contribution in [-0.4, -0.2) is 4.98 Å². The predicted molar refractivity (Wildman–Crippen MR) is 74.2 cm³/mol. The van der Waals surface area contributed by atoms with Crippen LogP contribution in [0, 0.1) is 11.3 Å². The number of rotatable bonds is 1. The van der Waals surface area contributed by atoms with Crippen molar-refractivity contribution in [2.45, 2.75) is 0 Å². The zero-order valence-corrected chi connectivity index (χ0v) is 10.2. The number of hydrogen-bond acceptors (Lipinski definition) is 4. The summed E-state index contributed by atoms with van der Waals surface area (Å²) in [5.74, 6) is 0. The molecule has 1 heterocycles. The molecule has 0 aliphatic rings. The molecule has 3 nitrogen and oxygen atoms in total.